The zero-order valence-electron chi connectivity index (χ0n) is 53.8. The third-order valence-electron chi connectivity index (χ3n) is 18.0. The van der Waals surface area contributed by atoms with Gasteiger partial charge in [0.05, 0.1) is 22.4 Å². The van der Waals surface area contributed by atoms with E-state index in [0.717, 1.165) is 146 Å². The predicted octanol–water partition coefficient (Wildman–Crippen LogP) is 25.5. The summed E-state index contributed by atoms with van der Waals surface area (Å²) in [6.07, 6.45) is 0. The van der Waals surface area contributed by atoms with Crippen LogP contribution in [0.25, 0.3) is 78.1 Å². The van der Waals surface area contributed by atoms with Crippen LogP contribution in [0, 0.1) is 0 Å². The number of anilines is 12. The molecule has 1 heterocycles. The van der Waals surface area contributed by atoms with E-state index in [4.69, 9.17) is 9.97 Å². The summed E-state index contributed by atoms with van der Waals surface area (Å²) in [5.41, 5.74) is 26.2. The van der Waals surface area contributed by atoms with Crippen molar-refractivity contribution in [3.05, 3.63) is 400 Å². The summed E-state index contributed by atoms with van der Waals surface area (Å²) in [6, 6.07) is 142. The van der Waals surface area contributed by atoms with Gasteiger partial charge in [-0.3, -0.25) is 0 Å². The van der Waals surface area contributed by atoms with E-state index in [2.05, 4.69) is 420 Å². The SMILES string of the molecule is c1ccc(-c2cccc(-c3ccc(-c4cccc(-c5ccccc5)c4)c4nc(-c5ccc(N(c6ccccc6)c6ccc(N(c7ccccc7)c7ccccc7)cc6)cc5)c(-c5ccc(N(c6ccccc6)c6ccc(N(c7ccccc7)c7ccccc7)cc6)cc5)nc34)c2)cc1. The Morgan fingerprint density at radius 3 is 0.582 bits per heavy atom. The standard InChI is InChI=1S/C92H66N6/c1-9-27-67(28-10-1)71-31-25-33-73(65-71)87-63-64-88(74-34-26-32-72(66-74)68-29-11-2-12-30-68)92-91(87)93-89(69-47-51-81(52-48-69)97(79-43-21-7-22-44-79)85-59-55-83(56-60-85)95(75-35-13-3-14-36-75)76-37-15-4-16-38-76)90(94-92)70-49-53-82(54-50-70)98(80-45-23-8-24-46-80)86-61-57-84(58-62-86)96(77-39-17-5-18-40-77)78-41-19-6-20-42-78/h1-66H. The Morgan fingerprint density at radius 2 is 0.337 bits per heavy atom. The lowest BCUT2D eigenvalue weighted by Gasteiger charge is -2.28. The summed E-state index contributed by atoms with van der Waals surface area (Å²) in [5.74, 6) is 0. The Kier molecular flexibility index (Phi) is 16.7. The van der Waals surface area contributed by atoms with Crippen molar-refractivity contribution < 1.29 is 0 Å². The van der Waals surface area contributed by atoms with Gasteiger partial charge in [0.15, 0.2) is 0 Å². The van der Waals surface area contributed by atoms with E-state index >= 15 is 0 Å². The minimum atomic E-state index is 0.766. The van der Waals surface area contributed by atoms with Crippen molar-refractivity contribution in [2.24, 2.45) is 0 Å². The number of fused-ring (bicyclic) bond motifs is 1. The molecule has 464 valence electrons. The highest BCUT2D eigenvalue weighted by molar-refractivity contribution is 6.04. The van der Waals surface area contributed by atoms with Crippen LogP contribution in [-0.2, 0) is 0 Å². The minimum Gasteiger partial charge on any atom is -0.311 e. The summed E-state index contributed by atoms with van der Waals surface area (Å²) in [7, 11) is 0. The number of nitrogens with zero attached hydrogens (tertiary/aromatic N) is 6. The van der Waals surface area contributed by atoms with Crippen molar-refractivity contribution >= 4 is 79.3 Å². The molecule has 0 saturated carbocycles. The largest absolute Gasteiger partial charge is 0.311 e. The van der Waals surface area contributed by atoms with Gasteiger partial charge in [-0.2, -0.15) is 0 Å². The molecule has 0 aliphatic carbocycles. The molecule has 16 rings (SSSR count). The van der Waals surface area contributed by atoms with Crippen molar-refractivity contribution in [2.45, 2.75) is 0 Å². The van der Waals surface area contributed by atoms with Gasteiger partial charge in [0.25, 0.3) is 0 Å². The molecule has 6 heteroatoms. The van der Waals surface area contributed by atoms with Crippen LogP contribution in [-0.4, -0.2) is 9.97 Å². The normalized spacial score (nSPS) is 11.1. The molecular formula is C92H66N6. The van der Waals surface area contributed by atoms with E-state index < -0.39 is 0 Å². The molecule has 0 fully saturated rings. The van der Waals surface area contributed by atoms with Crippen molar-refractivity contribution in [3.63, 3.8) is 0 Å². The van der Waals surface area contributed by atoms with E-state index in [9.17, 15) is 0 Å². The Morgan fingerprint density at radius 1 is 0.143 bits per heavy atom. The molecular weight excluding hydrogens is 1190 g/mol. The van der Waals surface area contributed by atoms with Crippen molar-refractivity contribution in [3.8, 4) is 67.0 Å². The molecule has 1 aromatic heterocycles. The average molecular weight is 1260 g/mol. The fraction of sp³-hybridized carbons (Fsp3) is 0. The second kappa shape index (κ2) is 27.4. The van der Waals surface area contributed by atoms with Crippen molar-refractivity contribution in [1.82, 2.24) is 9.97 Å². The first-order valence-corrected chi connectivity index (χ1v) is 33.2. The highest BCUT2D eigenvalue weighted by Gasteiger charge is 2.24. The molecule has 0 bridgehead atoms. The smallest absolute Gasteiger partial charge is 0.0979 e. The molecule has 0 aliphatic rings. The van der Waals surface area contributed by atoms with Gasteiger partial charge >= 0.3 is 0 Å². The molecule has 0 radical (unpaired) electrons. The maximum atomic E-state index is 5.96. The molecule has 0 spiro atoms. The monoisotopic (exact) mass is 1250 g/mol. The Labute approximate surface area is 572 Å². The van der Waals surface area contributed by atoms with E-state index in [0.29, 0.717) is 0 Å². The molecule has 0 N–H and O–H groups in total. The number of rotatable bonds is 18. The van der Waals surface area contributed by atoms with Gasteiger partial charge in [-0.1, -0.05) is 243 Å². The van der Waals surface area contributed by atoms with Crippen LogP contribution >= 0.6 is 0 Å². The van der Waals surface area contributed by atoms with Crippen molar-refractivity contribution in [2.75, 3.05) is 19.6 Å². The van der Waals surface area contributed by atoms with E-state index in [1.807, 2.05) is 0 Å². The molecule has 0 amide bonds. The molecule has 0 atom stereocenters. The van der Waals surface area contributed by atoms with E-state index in [-0.39, 0.29) is 0 Å². The number of hydrogen-bond acceptors (Lipinski definition) is 6. The topological polar surface area (TPSA) is 38.7 Å². The van der Waals surface area contributed by atoms with E-state index in [1.165, 1.54) is 0 Å². The average Bonchev–Trinajstić information content (AvgIpc) is 0.745. The fourth-order valence-corrected chi connectivity index (χ4v) is 13.3. The summed E-state index contributed by atoms with van der Waals surface area (Å²) >= 11 is 0. The molecule has 0 aliphatic heterocycles. The lowest BCUT2D eigenvalue weighted by molar-refractivity contribution is 1.25. The Balaban J connectivity index is 0.851. The molecule has 0 unspecified atom stereocenters. The van der Waals surface area contributed by atoms with Crippen molar-refractivity contribution in [1.29, 1.82) is 0 Å². The summed E-state index contributed by atoms with van der Waals surface area (Å²) in [6.45, 7) is 0. The van der Waals surface area contributed by atoms with E-state index in [1.54, 1.807) is 0 Å². The minimum absolute atomic E-state index is 0.766. The Bertz CT molecular complexity index is 4900. The Hall–Kier alpha value is -13.2. The number of hydrogen-bond donors (Lipinski definition) is 0. The van der Waals surface area contributed by atoms with Gasteiger partial charge < -0.3 is 19.6 Å². The van der Waals surface area contributed by atoms with Crippen LogP contribution in [0.3, 0.4) is 0 Å². The second-order valence-electron chi connectivity index (χ2n) is 24.2. The van der Waals surface area contributed by atoms with Crippen LogP contribution in [0.1, 0.15) is 0 Å². The van der Waals surface area contributed by atoms with Crippen LogP contribution in [0.15, 0.2) is 400 Å². The summed E-state index contributed by atoms with van der Waals surface area (Å²) < 4.78 is 0. The van der Waals surface area contributed by atoms with Gasteiger partial charge in [-0.25, -0.2) is 9.97 Å². The zero-order chi connectivity index (χ0) is 65.4. The van der Waals surface area contributed by atoms with Crippen LogP contribution in [0.2, 0.25) is 0 Å². The first-order valence-electron chi connectivity index (χ1n) is 33.2. The molecule has 98 heavy (non-hydrogen) atoms. The van der Waals surface area contributed by atoms with Gasteiger partial charge in [0.2, 0.25) is 0 Å². The third kappa shape index (κ3) is 12.4. The summed E-state index contributed by atoms with van der Waals surface area (Å²) in [5, 5.41) is 0. The third-order valence-corrected chi connectivity index (χ3v) is 18.0. The van der Waals surface area contributed by atoms with Crippen LogP contribution in [0.5, 0.6) is 0 Å². The molecule has 16 aromatic rings. The number of aromatic nitrogens is 2. The highest BCUT2D eigenvalue weighted by atomic mass is 15.2. The van der Waals surface area contributed by atoms with Crippen LogP contribution < -0.4 is 19.6 Å². The van der Waals surface area contributed by atoms with Crippen LogP contribution in [0.4, 0.5) is 68.2 Å². The van der Waals surface area contributed by atoms with Gasteiger partial charge in [0, 0.05) is 90.5 Å². The highest BCUT2D eigenvalue weighted by Crippen LogP contribution is 2.45. The van der Waals surface area contributed by atoms with Gasteiger partial charge in [0.1, 0.15) is 0 Å². The maximum Gasteiger partial charge on any atom is 0.0979 e. The first kappa shape index (κ1) is 59.8. The second-order valence-corrected chi connectivity index (χ2v) is 24.2. The van der Waals surface area contributed by atoms with Gasteiger partial charge in [-0.15, -0.1) is 0 Å². The number of benzene rings is 15. The molecule has 15 aromatic carbocycles. The molecule has 6 nitrogen and oxygen atoms in total. The van der Waals surface area contributed by atoms with Gasteiger partial charge in [-0.05, 0) is 191 Å². The maximum absolute atomic E-state index is 5.96. The zero-order valence-corrected chi connectivity index (χ0v) is 53.8. The summed E-state index contributed by atoms with van der Waals surface area (Å²) in [4.78, 5) is 21.1. The predicted molar refractivity (Wildman–Crippen MR) is 411 cm³/mol. The lowest BCUT2D eigenvalue weighted by atomic mass is 9.93. The lowest BCUT2D eigenvalue weighted by Crippen LogP contribution is -2.12. The first-order chi connectivity index (χ1) is 48.6. The quantitative estimate of drug-likeness (QED) is 0.0852. The fourth-order valence-electron chi connectivity index (χ4n) is 13.3. The number of para-hydroxylation sites is 6. The molecule has 0 saturated heterocycles.